The van der Waals surface area contributed by atoms with E-state index >= 15 is 0 Å². The second kappa shape index (κ2) is 6.00. The molecule has 2 rings (SSSR count). The molecule has 0 radical (unpaired) electrons. The minimum atomic E-state index is -0.533. The van der Waals surface area contributed by atoms with E-state index in [4.69, 9.17) is 11.6 Å². The molecule has 1 heterocycles. The summed E-state index contributed by atoms with van der Waals surface area (Å²) in [6.07, 6.45) is 1.26. The standard InChI is InChI=1S/C13H16ClN3O/c1-9-11(7-16-17-9)6-15-8-13(18)10-2-4-12(14)5-3-10/h2-5,7,13,15,18H,6,8H2,1H3,(H,16,17)/t13-/m0/s1. The molecule has 1 atom stereocenters. The summed E-state index contributed by atoms with van der Waals surface area (Å²) >= 11 is 5.80. The Hall–Kier alpha value is -1.36. The van der Waals surface area contributed by atoms with Crippen LogP contribution in [0.4, 0.5) is 0 Å². The Morgan fingerprint density at radius 3 is 2.72 bits per heavy atom. The lowest BCUT2D eigenvalue weighted by Gasteiger charge is -2.12. The Kier molecular flexibility index (Phi) is 4.36. The van der Waals surface area contributed by atoms with Gasteiger partial charge in [0.1, 0.15) is 0 Å². The molecule has 3 N–H and O–H groups in total. The molecule has 96 valence electrons. The second-order valence-corrected chi connectivity index (χ2v) is 4.65. The summed E-state index contributed by atoms with van der Waals surface area (Å²) in [5.41, 5.74) is 3.01. The van der Waals surface area contributed by atoms with E-state index < -0.39 is 6.10 Å². The van der Waals surface area contributed by atoms with Gasteiger partial charge in [-0.05, 0) is 24.6 Å². The molecular weight excluding hydrogens is 250 g/mol. The van der Waals surface area contributed by atoms with Crippen molar-refractivity contribution in [3.8, 4) is 0 Å². The Balaban J connectivity index is 1.83. The molecule has 0 fully saturated rings. The van der Waals surface area contributed by atoms with Crippen molar-refractivity contribution in [3.63, 3.8) is 0 Å². The first-order valence-corrected chi connectivity index (χ1v) is 6.17. The lowest BCUT2D eigenvalue weighted by molar-refractivity contribution is 0.174. The molecule has 5 heteroatoms. The van der Waals surface area contributed by atoms with E-state index in [-0.39, 0.29) is 0 Å². The highest BCUT2D eigenvalue weighted by molar-refractivity contribution is 6.30. The average molecular weight is 266 g/mol. The van der Waals surface area contributed by atoms with Gasteiger partial charge in [-0.3, -0.25) is 5.10 Å². The zero-order chi connectivity index (χ0) is 13.0. The Labute approximate surface area is 111 Å². The minimum Gasteiger partial charge on any atom is -0.387 e. The topological polar surface area (TPSA) is 60.9 Å². The van der Waals surface area contributed by atoms with Crippen LogP contribution in [0.15, 0.2) is 30.5 Å². The van der Waals surface area contributed by atoms with Crippen LogP contribution in [0.3, 0.4) is 0 Å². The fourth-order valence-electron chi connectivity index (χ4n) is 1.70. The van der Waals surface area contributed by atoms with E-state index in [2.05, 4.69) is 15.5 Å². The maximum absolute atomic E-state index is 9.98. The number of aliphatic hydroxyl groups excluding tert-OH is 1. The number of H-pyrrole nitrogens is 1. The van der Waals surface area contributed by atoms with Gasteiger partial charge in [0, 0.05) is 29.4 Å². The Morgan fingerprint density at radius 1 is 1.39 bits per heavy atom. The molecule has 0 spiro atoms. The highest BCUT2D eigenvalue weighted by Gasteiger charge is 2.07. The third-order valence-electron chi connectivity index (χ3n) is 2.84. The van der Waals surface area contributed by atoms with Crippen molar-refractivity contribution in [2.45, 2.75) is 19.6 Å². The molecule has 2 aromatic rings. The van der Waals surface area contributed by atoms with Gasteiger partial charge in [-0.1, -0.05) is 23.7 Å². The monoisotopic (exact) mass is 265 g/mol. The van der Waals surface area contributed by atoms with Crippen molar-refractivity contribution in [1.82, 2.24) is 15.5 Å². The molecule has 0 saturated heterocycles. The third-order valence-corrected chi connectivity index (χ3v) is 3.09. The molecule has 18 heavy (non-hydrogen) atoms. The summed E-state index contributed by atoms with van der Waals surface area (Å²) in [7, 11) is 0. The molecule has 0 unspecified atom stereocenters. The Morgan fingerprint density at radius 2 is 2.11 bits per heavy atom. The van der Waals surface area contributed by atoms with Crippen LogP contribution in [0.25, 0.3) is 0 Å². The largest absolute Gasteiger partial charge is 0.387 e. The maximum Gasteiger partial charge on any atom is 0.0914 e. The van der Waals surface area contributed by atoms with Crippen LogP contribution < -0.4 is 5.32 Å². The summed E-state index contributed by atoms with van der Waals surface area (Å²) < 4.78 is 0. The van der Waals surface area contributed by atoms with Crippen molar-refractivity contribution < 1.29 is 5.11 Å². The van der Waals surface area contributed by atoms with E-state index in [1.54, 1.807) is 18.3 Å². The number of nitrogens with one attached hydrogen (secondary N) is 2. The number of hydrogen-bond acceptors (Lipinski definition) is 3. The number of aromatic amines is 1. The highest BCUT2D eigenvalue weighted by atomic mass is 35.5. The first kappa shape index (κ1) is 13.1. The van der Waals surface area contributed by atoms with Crippen LogP contribution in [0.5, 0.6) is 0 Å². The lowest BCUT2D eigenvalue weighted by Crippen LogP contribution is -2.21. The summed E-state index contributed by atoms with van der Waals surface area (Å²) in [4.78, 5) is 0. The zero-order valence-corrected chi connectivity index (χ0v) is 10.9. The summed E-state index contributed by atoms with van der Waals surface area (Å²) in [6.45, 7) is 3.15. The molecule has 1 aromatic carbocycles. The van der Waals surface area contributed by atoms with Gasteiger partial charge in [-0.25, -0.2) is 0 Å². The third kappa shape index (κ3) is 3.32. The van der Waals surface area contributed by atoms with Crippen LogP contribution in [0.1, 0.15) is 22.9 Å². The fraction of sp³-hybridized carbons (Fsp3) is 0.308. The number of halogens is 1. The van der Waals surface area contributed by atoms with Gasteiger partial charge < -0.3 is 10.4 Å². The second-order valence-electron chi connectivity index (χ2n) is 4.22. The molecule has 1 aromatic heterocycles. The fourth-order valence-corrected chi connectivity index (χ4v) is 1.83. The number of aliphatic hydroxyl groups is 1. The normalized spacial score (nSPS) is 12.6. The number of rotatable bonds is 5. The van der Waals surface area contributed by atoms with Gasteiger partial charge in [0.2, 0.25) is 0 Å². The predicted octanol–water partition coefficient (Wildman–Crippen LogP) is 2.19. The van der Waals surface area contributed by atoms with Gasteiger partial charge in [-0.15, -0.1) is 0 Å². The number of hydrogen-bond donors (Lipinski definition) is 3. The summed E-state index contributed by atoms with van der Waals surface area (Å²) in [5.74, 6) is 0. The molecule has 0 bridgehead atoms. The smallest absolute Gasteiger partial charge is 0.0914 e. The van der Waals surface area contributed by atoms with Crippen LogP contribution in [-0.2, 0) is 6.54 Å². The van der Waals surface area contributed by atoms with Crippen molar-refractivity contribution in [2.75, 3.05) is 6.54 Å². The SMILES string of the molecule is Cc1[nH]ncc1CNC[C@H](O)c1ccc(Cl)cc1. The summed E-state index contributed by atoms with van der Waals surface area (Å²) in [5, 5.41) is 20.7. The van der Waals surface area contributed by atoms with Crippen LogP contribution in [-0.4, -0.2) is 21.8 Å². The van der Waals surface area contributed by atoms with Crippen molar-refractivity contribution in [1.29, 1.82) is 0 Å². The quantitative estimate of drug-likeness (QED) is 0.777. The Bertz CT molecular complexity index is 495. The van der Waals surface area contributed by atoms with Gasteiger partial charge in [0.15, 0.2) is 0 Å². The molecule has 4 nitrogen and oxygen atoms in total. The van der Waals surface area contributed by atoms with Crippen molar-refractivity contribution >= 4 is 11.6 Å². The minimum absolute atomic E-state index is 0.492. The molecule has 0 aliphatic carbocycles. The van der Waals surface area contributed by atoms with Gasteiger partial charge in [-0.2, -0.15) is 5.10 Å². The number of nitrogens with zero attached hydrogens (tertiary/aromatic N) is 1. The maximum atomic E-state index is 9.98. The van der Waals surface area contributed by atoms with E-state index in [9.17, 15) is 5.11 Å². The first-order chi connectivity index (χ1) is 8.66. The van der Waals surface area contributed by atoms with E-state index in [1.807, 2.05) is 19.1 Å². The molecule has 0 saturated carbocycles. The lowest BCUT2D eigenvalue weighted by atomic mass is 10.1. The zero-order valence-electron chi connectivity index (χ0n) is 10.2. The van der Waals surface area contributed by atoms with E-state index in [0.717, 1.165) is 16.8 Å². The van der Waals surface area contributed by atoms with Gasteiger partial charge >= 0.3 is 0 Å². The van der Waals surface area contributed by atoms with Crippen LogP contribution in [0.2, 0.25) is 5.02 Å². The van der Waals surface area contributed by atoms with E-state index in [1.165, 1.54) is 0 Å². The number of aryl methyl sites for hydroxylation is 1. The molecule has 0 aliphatic rings. The van der Waals surface area contributed by atoms with Gasteiger partial charge in [0.05, 0.1) is 12.3 Å². The average Bonchev–Trinajstić information content (AvgIpc) is 2.76. The predicted molar refractivity (Wildman–Crippen MR) is 71.4 cm³/mol. The molecular formula is C13H16ClN3O. The number of aromatic nitrogens is 2. The van der Waals surface area contributed by atoms with Crippen molar-refractivity contribution in [2.24, 2.45) is 0 Å². The molecule has 0 aliphatic heterocycles. The van der Waals surface area contributed by atoms with Crippen LogP contribution >= 0.6 is 11.6 Å². The number of benzene rings is 1. The first-order valence-electron chi connectivity index (χ1n) is 5.80. The van der Waals surface area contributed by atoms with Crippen molar-refractivity contribution in [3.05, 3.63) is 52.3 Å². The van der Waals surface area contributed by atoms with Crippen LogP contribution in [0, 0.1) is 6.92 Å². The highest BCUT2D eigenvalue weighted by Crippen LogP contribution is 2.15. The van der Waals surface area contributed by atoms with E-state index in [0.29, 0.717) is 18.1 Å². The van der Waals surface area contributed by atoms with Gasteiger partial charge in [0.25, 0.3) is 0 Å². The summed E-state index contributed by atoms with van der Waals surface area (Å²) in [6, 6.07) is 7.22. The molecule has 0 amide bonds.